The van der Waals surface area contributed by atoms with Crippen LogP contribution in [0.3, 0.4) is 0 Å². The van der Waals surface area contributed by atoms with Crippen LogP contribution in [0.2, 0.25) is 0 Å². The maximum atomic E-state index is 13.4. The van der Waals surface area contributed by atoms with Gasteiger partial charge in [-0.1, -0.05) is 43.2 Å². The molecule has 0 unspecified atom stereocenters. The number of benzene rings is 1. The normalized spacial score (nSPS) is 28.4. The number of fused-ring (bicyclic) bond motifs is 1. The summed E-state index contributed by atoms with van der Waals surface area (Å²) in [4.78, 5) is 19.9. The third kappa shape index (κ3) is 3.65. The summed E-state index contributed by atoms with van der Waals surface area (Å²) in [5.41, 5.74) is 1.65. The Morgan fingerprint density at radius 3 is 2.85 bits per heavy atom. The summed E-state index contributed by atoms with van der Waals surface area (Å²) in [6.45, 7) is 5.10. The molecular weight excluding hydrogens is 338 g/mol. The first-order valence-corrected chi connectivity index (χ1v) is 10.1. The van der Waals surface area contributed by atoms with Gasteiger partial charge in [0.2, 0.25) is 0 Å². The van der Waals surface area contributed by atoms with Crippen LogP contribution in [0.5, 0.6) is 0 Å². The zero-order valence-corrected chi connectivity index (χ0v) is 16.3. The summed E-state index contributed by atoms with van der Waals surface area (Å²) in [5, 5.41) is 3.78. The first-order chi connectivity index (χ1) is 13.1. The summed E-state index contributed by atoms with van der Waals surface area (Å²) in [6, 6.07) is 10.8. The number of carbonyl (C=O) groups is 1. The number of aryl methyl sites for hydroxylation is 1. The van der Waals surface area contributed by atoms with Crippen LogP contribution >= 0.6 is 0 Å². The van der Waals surface area contributed by atoms with E-state index in [9.17, 15) is 4.79 Å². The van der Waals surface area contributed by atoms with Crippen LogP contribution in [-0.4, -0.2) is 40.0 Å². The molecule has 144 valence electrons. The van der Waals surface area contributed by atoms with Crippen LogP contribution in [0, 0.1) is 6.92 Å². The molecule has 1 N–H and O–H groups in total. The molecule has 1 aromatic heterocycles. The van der Waals surface area contributed by atoms with Gasteiger partial charge in [-0.15, -0.1) is 0 Å². The molecule has 3 atom stereocenters. The van der Waals surface area contributed by atoms with Gasteiger partial charge in [0.1, 0.15) is 6.26 Å². The molecular formula is C22H29N3O2. The highest BCUT2D eigenvalue weighted by Crippen LogP contribution is 2.39. The van der Waals surface area contributed by atoms with E-state index < -0.39 is 0 Å². The van der Waals surface area contributed by atoms with Gasteiger partial charge in [0, 0.05) is 18.5 Å². The highest BCUT2D eigenvalue weighted by Gasteiger charge is 2.51. The van der Waals surface area contributed by atoms with E-state index >= 15 is 0 Å². The topological polar surface area (TPSA) is 58.4 Å². The van der Waals surface area contributed by atoms with Crippen LogP contribution in [0.25, 0.3) is 0 Å². The van der Waals surface area contributed by atoms with Crippen LogP contribution < -0.4 is 5.32 Å². The lowest BCUT2D eigenvalue weighted by Crippen LogP contribution is -2.55. The molecule has 0 saturated carbocycles. The summed E-state index contributed by atoms with van der Waals surface area (Å²) in [7, 11) is 0. The lowest BCUT2D eigenvalue weighted by atomic mass is 9.85. The molecule has 27 heavy (non-hydrogen) atoms. The predicted octanol–water partition coefficient (Wildman–Crippen LogP) is 3.73. The van der Waals surface area contributed by atoms with Gasteiger partial charge < -0.3 is 14.6 Å². The second-order valence-electron chi connectivity index (χ2n) is 8.22. The van der Waals surface area contributed by atoms with Gasteiger partial charge in [0.25, 0.3) is 5.91 Å². The highest BCUT2D eigenvalue weighted by molar-refractivity contribution is 5.93. The number of likely N-dealkylation sites (tertiary alicyclic amines) is 1. The van der Waals surface area contributed by atoms with E-state index in [-0.39, 0.29) is 23.5 Å². The molecule has 4 rings (SSSR count). The molecule has 1 aromatic carbocycles. The smallest absolute Gasteiger partial charge is 0.276 e. The van der Waals surface area contributed by atoms with Gasteiger partial charge in [-0.25, -0.2) is 4.98 Å². The number of rotatable bonds is 3. The molecule has 2 aliphatic heterocycles. The molecule has 0 radical (unpaired) electrons. The van der Waals surface area contributed by atoms with Crippen molar-refractivity contribution in [2.75, 3.05) is 6.54 Å². The number of aromatic nitrogens is 1. The van der Waals surface area contributed by atoms with E-state index in [1.807, 2.05) is 6.07 Å². The Bertz CT molecular complexity index is 788. The average Bonchev–Trinajstić information content (AvgIpc) is 3.18. The molecule has 0 spiro atoms. The second kappa shape index (κ2) is 7.47. The van der Waals surface area contributed by atoms with Crippen LogP contribution in [-0.2, 0) is 6.42 Å². The van der Waals surface area contributed by atoms with Crippen molar-refractivity contribution in [3.63, 3.8) is 0 Å². The Labute approximate surface area is 161 Å². The first kappa shape index (κ1) is 18.2. The van der Waals surface area contributed by atoms with Gasteiger partial charge in [-0.2, -0.15) is 0 Å². The van der Waals surface area contributed by atoms with E-state index in [2.05, 4.69) is 46.4 Å². The summed E-state index contributed by atoms with van der Waals surface area (Å²) in [5.74, 6) is 0.541. The highest BCUT2D eigenvalue weighted by atomic mass is 16.3. The predicted molar refractivity (Wildman–Crippen MR) is 105 cm³/mol. The SMILES string of the molecule is Cc1nc(C(=O)N2[C@H](Cc3ccccc3)C[C@]3(C)NCCCCC[C@H]23)co1. The first-order valence-electron chi connectivity index (χ1n) is 10.1. The zero-order valence-electron chi connectivity index (χ0n) is 16.3. The average molecular weight is 367 g/mol. The van der Waals surface area contributed by atoms with Crippen molar-refractivity contribution in [2.45, 2.75) is 70.0 Å². The fourth-order valence-electron chi connectivity index (χ4n) is 4.90. The van der Waals surface area contributed by atoms with Crippen molar-refractivity contribution in [1.29, 1.82) is 0 Å². The Morgan fingerprint density at radius 1 is 1.30 bits per heavy atom. The molecule has 5 nitrogen and oxygen atoms in total. The van der Waals surface area contributed by atoms with Crippen LogP contribution in [0.4, 0.5) is 0 Å². The summed E-state index contributed by atoms with van der Waals surface area (Å²) < 4.78 is 5.33. The minimum Gasteiger partial charge on any atom is -0.448 e. The Balaban J connectivity index is 1.67. The third-order valence-electron chi connectivity index (χ3n) is 6.19. The number of nitrogens with zero attached hydrogens (tertiary/aromatic N) is 2. The standard InChI is InChI=1S/C22H29N3O2/c1-16-24-19(15-27-16)21(26)25-18(13-17-9-5-3-6-10-17)14-22(2)20(25)11-7-4-8-12-23-22/h3,5-6,9-10,15,18,20,23H,4,7-8,11-14H2,1-2H3/t18-,20+,22+/m1/s1. The van der Waals surface area contributed by atoms with Crippen molar-refractivity contribution in [3.05, 3.63) is 53.7 Å². The number of oxazole rings is 1. The van der Waals surface area contributed by atoms with Crippen molar-refractivity contribution in [2.24, 2.45) is 0 Å². The van der Waals surface area contributed by atoms with Gasteiger partial charge in [-0.3, -0.25) is 4.79 Å². The van der Waals surface area contributed by atoms with E-state index in [1.54, 1.807) is 6.92 Å². The second-order valence-corrected chi connectivity index (χ2v) is 8.22. The van der Waals surface area contributed by atoms with Gasteiger partial charge in [0.15, 0.2) is 11.6 Å². The molecule has 0 aliphatic carbocycles. The van der Waals surface area contributed by atoms with Crippen LogP contribution in [0.15, 0.2) is 41.0 Å². The third-order valence-corrected chi connectivity index (χ3v) is 6.19. The van der Waals surface area contributed by atoms with E-state index in [1.165, 1.54) is 31.1 Å². The van der Waals surface area contributed by atoms with E-state index in [0.717, 1.165) is 25.8 Å². The fourth-order valence-corrected chi connectivity index (χ4v) is 4.90. The number of carbonyl (C=O) groups excluding carboxylic acids is 1. The number of hydrogen-bond donors (Lipinski definition) is 1. The van der Waals surface area contributed by atoms with Crippen molar-refractivity contribution in [1.82, 2.24) is 15.2 Å². The van der Waals surface area contributed by atoms with Gasteiger partial charge in [0.05, 0.1) is 6.04 Å². The van der Waals surface area contributed by atoms with Crippen molar-refractivity contribution >= 4 is 5.91 Å². The largest absolute Gasteiger partial charge is 0.448 e. The minimum absolute atomic E-state index is 0.00359. The van der Waals surface area contributed by atoms with Gasteiger partial charge in [-0.05, 0) is 44.7 Å². The number of amides is 1. The maximum Gasteiger partial charge on any atom is 0.276 e. The summed E-state index contributed by atoms with van der Waals surface area (Å²) >= 11 is 0. The maximum absolute atomic E-state index is 13.4. The lowest BCUT2D eigenvalue weighted by Gasteiger charge is -2.38. The number of hydrogen-bond acceptors (Lipinski definition) is 4. The Hall–Kier alpha value is -2.14. The molecule has 5 heteroatoms. The Morgan fingerprint density at radius 2 is 2.11 bits per heavy atom. The number of nitrogens with one attached hydrogen (secondary N) is 1. The van der Waals surface area contributed by atoms with E-state index in [0.29, 0.717) is 11.6 Å². The molecule has 0 bridgehead atoms. The lowest BCUT2D eigenvalue weighted by molar-refractivity contribution is 0.0607. The van der Waals surface area contributed by atoms with Crippen LogP contribution in [0.1, 0.15) is 61.0 Å². The quantitative estimate of drug-likeness (QED) is 0.898. The molecule has 2 fully saturated rings. The van der Waals surface area contributed by atoms with E-state index in [4.69, 9.17) is 4.42 Å². The zero-order chi connectivity index (χ0) is 18.9. The van der Waals surface area contributed by atoms with Crippen molar-refractivity contribution in [3.8, 4) is 0 Å². The summed E-state index contributed by atoms with van der Waals surface area (Å²) in [6.07, 6.45) is 7.98. The molecule has 1 amide bonds. The Kier molecular flexibility index (Phi) is 5.04. The molecule has 2 aliphatic rings. The van der Waals surface area contributed by atoms with Gasteiger partial charge >= 0.3 is 0 Å². The molecule has 2 aromatic rings. The molecule has 2 saturated heterocycles. The van der Waals surface area contributed by atoms with Crippen molar-refractivity contribution < 1.29 is 9.21 Å². The minimum atomic E-state index is -0.0473. The molecule has 3 heterocycles. The monoisotopic (exact) mass is 367 g/mol. The fraction of sp³-hybridized carbons (Fsp3) is 0.545.